The van der Waals surface area contributed by atoms with E-state index in [2.05, 4.69) is 53.7 Å². The Balaban J connectivity index is 1.69. The highest BCUT2D eigenvalue weighted by atomic mass is 32.1. The topological polar surface area (TPSA) is 37.0 Å². The van der Waals surface area contributed by atoms with Crippen molar-refractivity contribution < 1.29 is 0 Å². The van der Waals surface area contributed by atoms with Gasteiger partial charge in [0.1, 0.15) is 5.82 Å². The summed E-state index contributed by atoms with van der Waals surface area (Å²) < 4.78 is 0. The van der Waals surface area contributed by atoms with Crippen molar-refractivity contribution in [2.24, 2.45) is 0 Å². The van der Waals surface area contributed by atoms with Crippen LogP contribution in [0.4, 0.5) is 5.82 Å². The van der Waals surface area contributed by atoms with Gasteiger partial charge >= 0.3 is 0 Å². The standard InChI is InChI=1S/C19H25N3S/c1-14(2)17-8-6-16(7-9-17)5-4-11-21-19(23)22-18-13-15(3)10-12-20-18/h6-10,12-14H,4-5,11H2,1-3H3,(H2,20,21,22,23). The van der Waals surface area contributed by atoms with Crippen LogP contribution in [0.15, 0.2) is 42.6 Å². The fourth-order valence-electron chi connectivity index (χ4n) is 2.33. The van der Waals surface area contributed by atoms with E-state index in [0.29, 0.717) is 11.0 Å². The van der Waals surface area contributed by atoms with E-state index >= 15 is 0 Å². The number of hydrogen-bond acceptors (Lipinski definition) is 2. The van der Waals surface area contributed by atoms with Crippen molar-refractivity contribution in [3.63, 3.8) is 0 Å². The maximum atomic E-state index is 5.29. The summed E-state index contributed by atoms with van der Waals surface area (Å²) in [4.78, 5) is 4.24. The van der Waals surface area contributed by atoms with Crippen molar-refractivity contribution in [2.75, 3.05) is 11.9 Å². The van der Waals surface area contributed by atoms with E-state index in [4.69, 9.17) is 12.2 Å². The second kappa shape index (κ2) is 8.63. The number of nitrogens with zero attached hydrogens (tertiary/aromatic N) is 1. The lowest BCUT2D eigenvalue weighted by atomic mass is 10.0. The van der Waals surface area contributed by atoms with Gasteiger partial charge in [-0.05, 0) is 66.7 Å². The number of aromatic nitrogens is 1. The quantitative estimate of drug-likeness (QED) is 0.608. The zero-order valence-electron chi connectivity index (χ0n) is 14.1. The van der Waals surface area contributed by atoms with E-state index in [0.717, 1.165) is 30.8 Å². The molecule has 0 saturated carbocycles. The predicted molar refractivity (Wildman–Crippen MR) is 102 cm³/mol. The Kier molecular flexibility index (Phi) is 6.53. The molecule has 0 fully saturated rings. The zero-order valence-corrected chi connectivity index (χ0v) is 14.9. The molecule has 0 aliphatic carbocycles. The average Bonchev–Trinajstić information content (AvgIpc) is 2.52. The van der Waals surface area contributed by atoms with Crippen LogP contribution in [-0.4, -0.2) is 16.6 Å². The normalized spacial score (nSPS) is 10.6. The molecule has 0 amide bonds. The third kappa shape index (κ3) is 5.99. The van der Waals surface area contributed by atoms with Gasteiger partial charge in [0.2, 0.25) is 0 Å². The molecular formula is C19H25N3S. The molecule has 0 aliphatic heterocycles. The minimum absolute atomic E-state index is 0.587. The van der Waals surface area contributed by atoms with Gasteiger partial charge in [-0.3, -0.25) is 0 Å². The van der Waals surface area contributed by atoms with Crippen LogP contribution in [0.1, 0.15) is 42.9 Å². The van der Waals surface area contributed by atoms with Crippen molar-refractivity contribution in [1.82, 2.24) is 10.3 Å². The summed E-state index contributed by atoms with van der Waals surface area (Å²) in [6.45, 7) is 7.32. The van der Waals surface area contributed by atoms with Gasteiger partial charge in [-0.25, -0.2) is 4.98 Å². The summed E-state index contributed by atoms with van der Waals surface area (Å²) in [6.07, 6.45) is 3.88. The van der Waals surface area contributed by atoms with Crippen molar-refractivity contribution in [2.45, 2.75) is 39.5 Å². The van der Waals surface area contributed by atoms with Crippen LogP contribution >= 0.6 is 12.2 Å². The summed E-state index contributed by atoms with van der Waals surface area (Å²) in [5, 5.41) is 6.96. The van der Waals surface area contributed by atoms with Gasteiger partial charge in [-0.15, -0.1) is 0 Å². The van der Waals surface area contributed by atoms with Crippen LogP contribution in [0.2, 0.25) is 0 Å². The van der Waals surface area contributed by atoms with Crippen molar-refractivity contribution in [3.05, 3.63) is 59.3 Å². The van der Waals surface area contributed by atoms with Gasteiger partial charge in [0.05, 0.1) is 0 Å². The number of nitrogens with one attached hydrogen (secondary N) is 2. The van der Waals surface area contributed by atoms with Crippen molar-refractivity contribution >= 4 is 23.1 Å². The third-order valence-corrected chi connectivity index (χ3v) is 3.98. The molecule has 0 spiro atoms. The molecule has 23 heavy (non-hydrogen) atoms. The minimum atomic E-state index is 0.587. The maximum absolute atomic E-state index is 5.29. The molecule has 1 aromatic heterocycles. The Morgan fingerprint density at radius 2 is 1.91 bits per heavy atom. The molecule has 0 bridgehead atoms. The molecule has 0 radical (unpaired) electrons. The van der Waals surface area contributed by atoms with E-state index in [1.54, 1.807) is 6.20 Å². The van der Waals surface area contributed by atoms with Crippen LogP contribution < -0.4 is 10.6 Å². The van der Waals surface area contributed by atoms with E-state index in [9.17, 15) is 0 Å². The van der Waals surface area contributed by atoms with Crippen LogP contribution in [0.5, 0.6) is 0 Å². The molecule has 0 aliphatic rings. The van der Waals surface area contributed by atoms with Crippen LogP contribution in [0, 0.1) is 6.92 Å². The largest absolute Gasteiger partial charge is 0.362 e. The lowest BCUT2D eigenvalue weighted by molar-refractivity contribution is 0.776. The monoisotopic (exact) mass is 327 g/mol. The summed E-state index contributed by atoms with van der Waals surface area (Å²) in [5.41, 5.74) is 3.92. The SMILES string of the molecule is Cc1ccnc(NC(=S)NCCCc2ccc(C(C)C)cc2)c1. The Bertz CT molecular complexity index is 635. The minimum Gasteiger partial charge on any atom is -0.362 e. The molecule has 0 unspecified atom stereocenters. The first kappa shape index (κ1) is 17.4. The Morgan fingerprint density at radius 3 is 2.57 bits per heavy atom. The van der Waals surface area contributed by atoms with E-state index in [1.807, 2.05) is 19.1 Å². The van der Waals surface area contributed by atoms with Gasteiger partial charge in [-0.1, -0.05) is 38.1 Å². The summed E-state index contributed by atoms with van der Waals surface area (Å²) in [5.74, 6) is 1.37. The fourth-order valence-corrected chi connectivity index (χ4v) is 2.54. The lowest BCUT2D eigenvalue weighted by Crippen LogP contribution is -2.29. The predicted octanol–water partition coefficient (Wildman–Crippen LogP) is 4.43. The maximum Gasteiger partial charge on any atom is 0.171 e. The van der Waals surface area contributed by atoms with E-state index in [1.165, 1.54) is 11.1 Å². The molecule has 122 valence electrons. The molecule has 3 nitrogen and oxygen atoms in total. The Hall–Kier alpha value is -1.94. The number of thiocarbonyl (C=S) groups is 1. The van der Waals surface area contributed by atoms with Gasteiger partial charge in [0, 0.05) is 12.7 Å². The van der Waals surface area contributed by atoms with Gasteiger partial charge in [-0.2, -0.15) is 0 Å². The highest BCUT2D eigenvalue weighted by molar-refractivity contribution is 7.80. The molecule has 1 aromatic carbocycles. The number of pyridine rings is 1. The summed E-state index contributed by atoms with van der Waals surface area (Å²) in [6, 6.07) is 12.8. The molecule has 0 saturated heterocycles. The number of benzene rings is 1. The van der Waals surface area contributed by atoms with E-state index in [-0.39, 0.29) is 0 Å². The molecule has 2 N–H and O–H groups in total. The molecule has 0 atom stereocenters. The molecule has 2 rings (SSSR count). The molecule has 1 heterocycles. The first-order valence-corrected chi connectivity index (χ1v) is 8.52. The number of anilines is 1. The van der Waals surface area contributed by atoms with Crippen LogP contribution in [0.25, 0.3) is 0 Å². The van der Waals surface area contributed by atoms with Crippen molar-refractivity contribution in [1.29, 1.82) is 0 Å². The second-order valence-corrected chi connectivity index (χ2v) is 6.51. The summed E-state index contributed by atoms with van der Waals surface area (Å²) >= 11 is 5.29. The van der Waals surface area contributed by atoms with Gasteiger partial charge in [0.25, 0.3) is 0 Å². The third-order valence-electron chi connectivity index (χ3n) is 3.73. The zero-order chi connectivity index (χ0) is 16.7. The average molecular weight is 327 g/mol. The first-order chi connectivity index (χ1) is 11.0. The first-order valence-electron chi connectivity index (χ1n) is 8.11. The van der Waals surface area contributed by atoms with Gasteiger partial charge < -0.3 is 10.6 Å². The Labute approximate surface area is 144 Å². The molecular weight excluding hydrogens is 302 g/mol. The molecule has 4 heteroatoms. The smallest absolute Gasteiger partial charge is 0.171 e. The highest BCUT2D eigenvalue weighted by Gasteiger charge is 2.01. The van der Waals surface area contributed by atoms with E-state index < -0.39 is 0 Å². The number of rotatable bonds is 6. The van der Waals surface area contributed by atoms with Crippen LogP contribution in [0.3, 0.4) is 0 Å². The van der Waals surface area contributed by atoms with Crippen molar-refractivity contribution in [3.8, 4) is 0 Å². The lowest BCUT2D eigenvalue weighted by Gasteiger charge is -2.10. The number of aryl methyl sites for hydroxylation is 2. The Morgan fingerprint density at radius 1 is 1.17 bits per heavy atom. The molecule has 2 aromatic rings. The number of hydrogen-bond donors (Lipinski definition) is 2. The van der Waals surface area contributed by atoms with Crippen LogP contribution in [-0.2, 0) is 6.42 Å². The fraction of sp³-hybridized carbons (Fsp3) is 0.368. The highest BCUT2D eigenvalue weighted by Crippen LogP contribution is 2.15. The summed E-state index contributed by atoms with van der Waals surface area (Å²) in [7, 11) is 0. The second-order valence-electron chi connectivity index (χ2n) is 6.10. The van der Waals surface area contributed by atoms with Gasteiger partial charge in [0.15, 0.2) is 5.11 Å².